The minimum atomic E-state index is -0.330. The number of nitrogens with one attached hydrogen (secondary N) is 1. The molecule has 5 rings (SSSR count). The predicted molar refractivity (Wildman–Crippen MR) is 134 cm³/mol. The van der Waals surface area contributed by atoms with Crippen LogP contribution < -0.4 is 5.56 Å². The van der Waals surface area contributed by atoms with Crippen LogP contribution in [0.4, 0.5) is 5.69 Å². The second-order valence-electron chi connectivity index (χ2n) is 8.36. The number of pyridine rings is 1. The number of aliphatic hydroxyl groups excluding tert-OH is 1. The van der Waals surface area contributed by atoms with Crippen LogP contribution in [0.1, 0.15) is 24.0 Å². The first-order chi connectivity index (χ1) is 16.1. The Kier molecular flexibility index (Phi) is 6.09. The number of hydrogen-bond acceptors (Lipinski definition) is 6. The fraction of sp³-hybridized carbons (Fsp3) is 0.231. The number of aromatic hydroxyl groups is 1. The highest BCUT2D eigenvalue weighted by Gasteiger charge is 2.23. The quantitative estimate of drug-likeness (QED) is 0.366. The third-order valence-electron chi connectivity index (χ3n) is 6.27. The maximum absolute atomic E-state index is 12.4. The summed E-state index contributed by atoms with van der Waals surface area (Å²) < 4.78 is 0. The Morgan fingerprint density at radius 2 is 1.97 bits per heavy atom. The molecule has 0 saturated carbocycles. The van der Waals surface area contributed by atoms with Gasteiger partial charge in [0.15, 0.2) is 0 Å². The van der Waals surface area contributed by atoms with Crippen molar-refractivity contribution in [3.8, 4) is 17.0 Å². The summed E-state index contributed by atoms with van der Waals surface area (Å²) in [5, 5.41) is 25.2. The van der Waals surface area contributed by atoms with Gasteiger partial charge in [-0.1, -0.05) is 18.2 Å². The summed E-state index contributed by atoms with van der Waals surface area (Å²) >= 11 is 1.61. The Morgan fingerprint density at radius 1 is 1.12 bits per heavy atom. The largest absolute Gasteiger partial charge is 0.494 e. The van der Waals surface area contributed by atoms with Crippen LogP contribution in [0.3, 0.4) is 0 Å². The second-order valence-corrected chi connectivity index (χ2v) is 9.14. The molecule has 168 valence electrons. The molecular formula is C26H25N3O3S. The number of benzene rings is 2. The topological polar surface area (TPSA) is 88.9 Å². The summed E-state index contributed by atoms with van der Waals surface area (Å²) in [7, 11) is 0. The van der Waals surface area contributed by atoms with Crippen molar-refractivity contribution in [3.05, 3.63) is 80.8 Å². The average molecular weight is 460 g/mol. The first-order valence-corrected chi connectivity index (χ1v) is 12.0. The van der Waals surface area contributed by atoms with Crippen molar-refractivity contribution >= 4 is 34.0 Å². The molecule has 1 saturated heterocycles. The third kappa shape index (κ3) is 4.48. The molecule has 0 amide bonds. The third-order valence-corrected chi connectivity index (χ3v) is 6.95. The van der Waals surface area contributed by atoms with Crippen LogP contribution in [0, 0.1) is 0 Å². The highest BCUT2D eigenvalue weighted by Crippen LogP contribution is 2.29. The molecule has 1 aliphatic rings. The van der Waals surface area contributed by atoms with Crippen LogP contribution in [-0.4, -0.2) is 45.5 Å². The van der Waals surface area contributed by atoms with Gasteiger partial charge in [0.25, 0.3) is 5.56 Å². The highest BCUT2D eigenvalue weighted by atomic mass is 32.1. The first-order valence-electron chi connectivity index (χ1n) is 11.0. The van der Waals surface area contributed by atoms with Crippen LogP contribution >= 0.6 is 11.3 Å². The number of aliphatic hydroxyl groups is 1. The van der Waals surface area contributed by atoms with E-state index in [-0.39, 0.29) is 24.1 Å². The van der Waals surface area contributed by atoms with E-state index < -0.39 is 0 Å². The molecule has 0 spiro atoms. The van der Waals surface area contributed by atoms with Gasteiger partial charge in [0.2, 0.25) is 5.88 Å². The Balaban J connectivity index is 1.43. The number of fused-ring (bicyclic) bond motifs is 1. The zero-order chi connectivity index (χ0) is 22.8. The van der Waals surface area contributed by atoms with E-state index >= 15 is 0 Å². The summed E-state index contributed by atoms with van der Waals surface area (Å²) in [6.07, 6.45) is 3.77. The van der Waals surface area contributed by atoms with Gasteiger partial charge in [-0.25, -0.2) is 0 Å². The first kappa shape index (κ1) is 21.6. The minimum absolute atomic E-state index is 0.195. The molecule has 2 aromatic carbocycles. The van der Waals surface area contributed by atoms with Crippen molar-refractivity contribution in [3.63, 3.8) is 0 Å². The molecule has 4 aromatic rings. The Morgan fingerprint density at radius 3 is 2.73 bits per heavy atom. The number of rotatable bonds is 6. The zero-order valence-corrected chi connectivity index (χ0v) is 18.9. The van der Waals surface area contributed by atoms with Crippen LogP contribution in [0.5, 0.6) is 5.88 Å². The molecule has 33 heavy (non-hydrogen) atoms. The van der Waals surface area contributed by atoms with E-state index in [1.54, 1.807) is 23.6 Å². The van der Waals surface area contributed by atoms with E-state index in [1.807, 2.05) is 47.8 Å². The molecule has 1 unspecified atom stereocenters. The van der Waals surface area contributed by atoms with Gasteiger partial charge in [0, 0.05) is 29.6 Å². The summed E-state index contributed by atoms with van der Waals surface area (Å²) in [5.41, 5.74) is 4.13. The number of thiophene rings is 1. The van der Waals surface area contributed by atoms with Crippen molar-refractivity contribution < 1.29 is 10.2 Å². The van der Waals surface area contributed by atoms with E-state index in [0.717, 1.165) is 42.7 Å². The van der Waals surface area contributed by atoms with E-state index in [4.69, 9.17) is 0 Å². The van der Waals surface area contributed by atoms with Crippen molar-refractivity contribution in [1.29, 1.82) is 0 Å². The van der Waals surface area contributed by atoms with Crippen molar-refractivity contribution in [2.45, 2.75) is 25.4 Å². The van der Waals surface area contributed by atoms with E-state index in [1.165, 1.54) is 5.56 Å². The molecule has 0 radical (unpaired) electrons. The van der Waals surface area contributed by atoms with Crippen molar-refractivity contribution in [2.24, 2.45) is 4.99 Å². The Bertz CT molecular complexity index is 1340. The standard InChI is InChI=1S/C26H25N3O3S/c30-15-21-2-1-10-29(21)14-17-3-6-20(7-4-17)27-13-24-23-12-18(19-9-11-33-16-19)5-8-22(23)25(31)28-26(24)32/h3-9,11-13,16,21,30H,1-2,10,14-15H2,(H2,28,31,32). The lowest BCUT2D eigenvalue weighted by Gasteiger charge is -2.22. The number of aliphatic imine (C=N–C) groups is 1. The molecule has 6 nitrogen and oxygen atoms in total. The molecule has 2 aromatic heterocycles. The molecule has 7 heteroatoms. The van der Waals surface area contributed by atoms with Gasteiger partial charge in [0.1, 0.15) is 0 Å². The SMILES string of the molecule is O=c1[nH]c(O)c(C=Nc2ccc(CN3CCCC3CO)cc2)c2cc(-c3ccsc3)ccc12. The molecule has 1 aliphatic heterocycles. The summed E-state index contributed by atoms with van der Waals surface area (Å²) in [4.78, 5) is 21.8. The fourth-order valence-corrected chi connectivity index (χ4v) is 5.11. The highest BCUT2D eigenvalue weighted by molar-refractivity contribution is 7.08. The fourth-order valence-electron chi connectivity index (χ4n) is 4.44. The summed E-state index contributed by atoms with van der Waals surface area (Å²) in [6.45, 7) is 2.02. The smallest absolute Gasteiger partial charge is 0.258 e. The molecule has 0 aliphatic carbocycles. The number of H-pyrrole nitrogens is 1. The summed E-state index contributed by atoms with van der Waals surface area (Å²) in [6, 6.07) is 15.9. The Hall–Kier alpha value is -3.26. The van der Waals surface area contributed by atoms with Gasteiger partial charge in [-0.2, -0.15) is 11.3 Å². The second kappa shape index (κ2) is 9.31. The van der Waals surface area contributed by atoms with Gasteiger partial charge >= 0.3 is 0 Å². The number of aromatic amines is 1. The van der Waals surface area contributed by atoms with Crippen molar-refractivity contribution in [2.75, 3.05) is 13.2 Å². The van der Waals surface area contributed by atoms with Gasteiger partial charge in [-0.15, -0.1) is 0 Å². The molecule has 1 atom stereocenters. The van der Waals surface area contributed by atoms with E-state index in [9.17, 15) is 15.0 Å². The maximum Gasteiger partial charge on any atom is 0.258 e. The van der Waals surface area contributed by atoms with Crippen LogP contribution in [0.2, 0.25) is 0 Å². The lowest BCUT2D eigenvalue weighted by atomic mass is 10.0. The monoisotopic (exact) mass is 459 g/mol. The van der Waals surface area contributed by atoms with Crippen molar-refractivity contribution in [1.82, 2.24) is 9.88 Å². The number of likely N-dealkylation sites (tertiary alicyclic amines) is 1. The maximum atomic E-state index is 12.4. The van der Waals surface area contributed by atoms with Crippen LogP contribution in [0.15, 0.2) is 69.1 Å². The van der Waals surface area contributed by atoms with Gasteiger partial charge in [0.05, 0.1) is 17.9 Å². The lowest BCUT2D eigenvalue weighted by molar-refractivity contribution is 0.153. The van der Waals surface area contributed by atoms with Gasteiger partial charge < -0.3 is 10.2 Å². The predicted octanol–water partition coefficient (Wildman–Crippen LogP) is 4.67. The number of nitrogens with zero attached hydrogens (tertiary/aromatic N) is 2. The summed E-state index contributed by atoms with van der Waals surface area (Å²) in [5.74, 6) is -0.195. The average Bonchev–Trinajstić information content (AvgIpc) is 3.52. The van der Waals surface area contributed by atoms with Gasteiger partial charge in [-0.3, -0.25) is 19.7 Å². The molecule has 1 fully saturated rings. The minimum Gasteiger partial charge on any atom is -0.494 e. The normalized spacial score (nSPS) is 16.8. The molecule has 3 heterocycles. The molecule has 0 bridgehead atoms. The zero-order valence-electron chi connectivity index (χ0n) is 18.1. The number of aromatic nitrogens is 1. The van der Waals surface area contributed by atoms with Crippen LogP contribution in [0.25, 0.3) is 21.9 Å². The van der Waals surface area contributed by atoms with Gasteiger partial charge in [-0.05, 0) is 77.2 Å². The lowest BCUT2D eigenvalue weighted by Crippen LogP contribution is -2.31. The number of hydrogen-bond donors (Lipinski definition) is 3. The molecule has 3 N–H and O–H groups in total. The van der Waals surface area contributed by atoms with E-state index in [0.29, 0.717) is 16.3 Å². The Labute approximate surface area is 195 Å². The van der Waals surface area contributed by atoms with Crippen LogP contribution in [-0.2, 0) is 6.54 Å². The van der Waals surface area contributed by atoms with E-state index in [2.05, 4.69) is 20.3 Å². The molecular weight excluding hydrogens is 434 g/mol.